The van der Waals surface area contributed by atoms with Gasteiger partial charge in [0.1, 0.15) is 5.60 Å². The van der Waals surface area contributed by atoms with Crippen LogP contribution in [-0.2, 0) is 16.0 Å². The number of piperazine rings is 1. The molecule has 1 N–H and O–H groups in total. The number of halogens is 1. The highest BCUT2D eigenvalue weighted by molar-refractivity contribution is 14.0. The molecule has 2 aliphatic rings. The lowest BCUT2D eigenvalue weighted by Gasteiger charge is -2.39. The molecule has 1 fully saturated rings. The van der Waals surface area contributed by atoms with Gasteiger partial charge < -0.3 is 24.8 Å². The Morgan fingerprint density at radius 1 is 1.29 bits per heavy atom. The van der Waals surface area contributed by atoms with Gasteiger partial charge in [-0.15, -0.1) is 24.0 Å². The Labute approximate surface area is 201 Å². The monoisotopic (exact) mass is 544 g/mol. The number of pyridine rings is 1. The molecule has 1 aromatic heterocycles. The molecule has 2 amide bonds. The van der Waals surface area contributed by atoms with Gasteiger partial charge in [0.25, 0.3) is 0 Å². The quantitative estimate of drug-likeness (QED) is 0.567. The number of hydrogen-bond donors (Lipinski definition) is 1. The lowest BCUT2D eigenvalue weighted by Crippen LogP contribution is -2.58. The molecule has 0 bridgehead atoms. The minimum absolute atomic E-state index is 0. The van der Waals surface area contributed by atoms with Gasteiger partial charge in [0.2, 0.25) is 5.91 Å². The molecule has 0 saturated carbocycles. The maximum absolute atomic E-state index is 12.5. The first-order valence-electron chi connectivity index (χ1n) is 10.4. The number of nitrogens with one attached hydrogen (secondary N) is 1. The number of aliphatic imine (C=N–C) groups is 1. The molecule has 31 heavy (non-hydrogen) atoms. The zero-order chi connectivity index (χ0) is 21.7. The normalized spacial score (nSPS) is 17.9. The van der Waals surface area contributed by atoms with Gasteiger partial charge >= 0.3 is 6.09 Å². The SMILES string of the molecule is CN(CCc1ccccn1)C(=O)CNC1=NCC2CN(C(=O)OC(C)(C)C)CCN12.I. The van der Waals surface area contributed by atoms with Crippen LogP contribution in [0.5, 0.6) is 0 Å². The van der Waals surface area contributed by atoms with Crippen molar-refractivity contribution in [3.63, 3.8) is 0 Å². The molecule has 1 aromatic rings. The van der Waals surface area contributed by atoms with E-state index in [2.05, 4.69) is 20.2 Å². The Hall–Kier alpha value is -2.11. The zero-order valence-electron chi connectivity index (χ0n) is 18.7. The summed E-state index contributed by atoms with van der Waals surface area (Å²) in [7, 11) is 1.80. The molecule has 0 spiro atoms. The summed E-state index contributed by atoms with van der Waals surface area (Å²) in [6.45, 7) is 8.82. The van der Waals surface area contributed by atoms with Crippen LogP contribution in [0.25, 0.3) is 0 Å². The number of carbonyl (C=O) groups excluding carboxylic acids is 2. The number of amides is 2. The van der Waals surface area contributed by atoms with E-state index in [1.165, 1.54) is 0 Å². The maximum Gasteiger partial charge on any atom is 0.410 e. The molecule has 1 atom stereocenters. The van der Waals surface area contributed by atoms with Crippen molar-refractivity contribution in [3.8, 4) is 0 Å². The van der Waals surface area contributed by atoms with Crippen LogP contribution in [0.2, 0.25) is 0 Å². The molecule has 1 unspecified atom stereocenters. The van der Waals surface area contributed by atoms with Crippen molar-refractivity contribution in [2.24, 2.45) is 4.99 Å². The van der Waals surface area contributed by atoms with Gasteiger partial charge in [-0.05, 0) is 32.9 Å². The van der Waals surface area contributed by atoms with Gasteiger partial charge in [0, 0.05) is 51.5 Å². The summed E-state index contributed by atoms with van der Waals surface area (Å²) >= 11 is 0. The Morgan fingerprint density at radius 3 is 2.74 bits per heavy atom. The molecule has 3 heterocycles. The molecule has 1 saturated heterocycles. The summed E-state index contributed by atoms with van der Waals surface area (Å²) in [6, 6.07) is 5.90. The zero-order valence-corrected chi connectivity index (χ0v) is 21.0. The van der Waals surface area contributed by atoms with E-state index in [4.69, 9.17) is 4.74 Å². The Kier molecular flexibility index (Phi) is 8.90. The molecular formula is C21H33IN6O3. The van der Waals surface area contributed by atoms with E-state index in [-0.39, 0.29) is 48.6 Å². The number of hydrogen-bond acceptors (Lipinski definition) is 7. The Balaban J connectivity index is 0.00000341. The number of aromatic nitrogens is 1. The lowest BCUT2D eigenvalue weighted by atomic mass is 10.2. The van der Waals surface area contributed by atoms with Crippen molar-refractivity contribution >= 4 is 41.9 Å². The number of guanidine groups is 1. The van der Waals surface area contributed by atoms with Gasteiger partial charge in [0.05, 0.1) is 19.1 Å². The fourth-order valence-corrected chi connectivity index (χ4v) is 3.47. The van der Waals surface area contributed by atoms with E-state index in [9.17, 15) is 9.59 Å². The van der Waals surface area contributed by atoms with E-state index in [0.29, 0.717) is 32.7 Å². The number of likely N-dealkylation sites (N-methyl/N-ethyl adjacent to an activating group) is 1. The highest BCUT2D eigenvalue weighted by atomic mass is 127. The topological polar surface area (TPSA) is 90.4 Å². The predicted molar refractivity (Wildman–Crippen MR) is 130 cm³/mol. The number of rotatable bonds is 5. The van der Waals surface area contributed by atoms with Crippen LogP contribution in [0.15, 0.2) is 29.4 Å². The highest BCUT2D eigenvalue weighted by Gasteiger charge is 2.36. The molecule has 0 aliphatic carbocycles. The molecule has 0 radical (unpaired) electrons. The van der Waals surface area contributed by atoms with Gasteiger partial charge in [-0.25, -0.2) is 4.79 Å². The smallest absolute Gasteiger partial charge is 0.410 e. The van der Waals surface area contributed by atoms with E-state index < -0.39 is 5.60 Å². The molecule has 3 rings (SSSR count). The number of carbonyl (C=O) groups is 2. The molecule has 9 nitrogen and oxygen atoms in total. The molecule has 172 valence electrons. The first-order chi connectivity index (χ1) is 14.2. The second kappa shape index (κ2) is 11.0. The second-order valence-corrected chi connectivity index (χ2v) is 8.68. The highest BCUT2D eigenvalue weighted by Crippen LogP contribution is 2.18. The third-order valence-corrected chi connectivity index (χ3v) is 5.11. The Morgan fingerprint density at radius 2 is 2.06 bits per heavy atom. The van der Waals surface area contributed by atoms with Gasteiger partial charge in [-0.3, -0.25) is 14.8 Å². The van der Waals surface area contributed by atoms with Gasteiger partial charge in [0.15, 0.2) is 5.96 Å². The molecule has 0 aromatic carbocycles. The van der Waals surface area contributed by atoms with Crippen molar-refractivity contribution in [2.45, 2.75) is 38.8 Å². The molecule has 10 heteroatoms. The molecular weight excluding hydrogens is 511 g/mol. The van der Waals surface area contributed by atoms with Gasteiger partial charge in [-0.1, -0.05) is 6.07 Å². The van der Waals surface area contributed by atoms with Crippen LogP contribution < -0.4 is 5.32 Å². The van der Waals surface area contributed by atoms with E-state index >= 15 is 0 Å². The average molecular weight is 544 g/mol. The third-order valence-electron chi connectivity index (χ3n) is 5.11. The van der Waals surface area contributed by atoms with Gasteiger partial charge in [-0.2, -0.15) is 0 Å². The van der Waals surface area contributed by atoms with E-state index in [1.807, 2.05) is 39.0 Å². The van der Waals surface area contributed by atoms with E-state index in [0.717, 1.165) is 18.1 Å². The number of ether oxygens (including phenoxy) is 1. The van der Waals surface area contributed by atoms with Crippen LogP contribution in [0.1, 0.15) is 26.5 Å². The summed E-state index contributed by atoms with van der Waals surface area (Å²) in [5.74, 6) is 0.736. The Bertz CT molecular complexity index is 783. The van der Waals surface area contributed by atoms with Crippen molar-refractivity contribution in [2.75, 3.05) is 46.3 Å². The second-order valence-electron chi connectivity index (χ2n) is 8.68. The van der Waals surface area contributed by atoms with Crippen molar-refractivity contribution in [3.05, 3.63) is 30.1 Å². The summed E-state index contributed by atoms with van der Waals surface area (Å²) in [5.41, 5.74) is 0.465. The van der Waals surface area contributed by atoms with Crippen LogP contribution in [0.3, 0.4) is 0 Å². The lowest BCUT2D eigenvalue weighted by molar-refractivity contribution is -0.128. The minimum atomic E-state index is -0.504. The first-order valence-corrected chi connectivity index (χ1v) is 10.4. The number of fused-ring (bicyclic) bond motifs is 1. The average Bonchev–Trinajstić information content (AvgIpc) is 3.12. The van der Waals surface area contributed by atoms with E-state index in [1.54, 1.807) is 23.0 Å². The maximum atomic E-state index is 12.5. The van der Waals surface area contributed by atoms with Crippen molar-refractivity contribution < 1.29 is 14.3 Å². The summed E-state index contributed by atoms with van der Waals surface area (Å²) in [4.78, 5) is 39.2. The third kappa shape index (κ3) is 7.22. The van der Waals surface area contributed by atoms with Crippen molar-refractivity contribution in [1.29, 1.82) is 0 Å². The predicted octanol–water partition coefficient (Wildman–Crippen LogP) is 1.58. The van der Waals surface area contributed by atoms with Crippen LogP contribution in [0.4, 0.5) is 4.79 Å². The van der Waals surface area contributed by atoms with Crippen LogP contribution in [0, 0.1) is 0 Å². The standard InChI is InChI=1S/C21H32N6O3.HI/c1-21(2,3)30-20(29)26-11-12-27-17(15-26)13-23-19(27)24-14-18(28)25(4)10-8-16-7-5-6-9-22-16;/h5-7,9,17H,8,10-15H2,1-4H3,(H,23,24);1H. The fraction of sp³-hybridized carbons (Fsp3) is 0.619. The van der Waals surface area contributed by atoms with Crippen LogP contribution >= 0.6 is 24.0 Å². The summed E-state index contributed by atoms with van der Waals surface area (Å²) in [6.07, 6.45) is 2.20. The molecule has 2 aliphatic heterocycles. The fourth-order valence-electron chi connectivity index (χ4n) is 3.47. The largest absolute Gasteiger partial charge is 0.444 e. The van der Waals surface area contributed by atoms with Crippen LogP contribution in [-0.4, -0.2) is 95.6 Å². The summed E-state index contributed by atoms with van der Waals surface area (Å²) < 4.78 is 5.47. The number of nitrogens with zero attached hydrogens (tertiary/aromatic N) is 5. The van der Waals surface area contributed by atoms with Crippen molar-refractivity contribution in [1.82, 2.24) is 25.0 Å². The summed E-state index contributed by atoms with van der Waals surface area (Å²) in [5, 5.41) is 3.18. The first kappa shape index (κ1) is 25.2. The minimum Gasteiger partial charge on any atom is -0.444 e.